The van der Waals surface area contributed by atoms with Crippen LogP contribution in [0.25, 0.3) is 17.2 Å². The molecule has 0 radical (unpaired) electrons. The Morgan fingerprint density at radius 2 is 1.12 bits per heavy atom. The van der Waals surface area contributed by atoms with Crippen molar-refractivity contribution in [1.29, 1.82) is 0 Å². The van der Waals surface area contributed by atoms with Crippen molar-refractivity contribution < 1.29 is 20.4 Å². The van der Waals surface area contributed by atoms with Gasteiger partial charge in [-0.25, -0.2) is 0 Å². The van der Waals surface area contributed by atoms with Crippen LogP contribution in [0.1, 0.15) is 36.4 Å². The van der Waals surface area contributed by atoms with E-state index in [1.807, 2.05) is 0 Å². The first-order valence-corrected chi connectivity index (χ1v) is 20.0. The summed E-state index contributed by atoms with van der Waals surface area (Å²) in [5.74, 6) is 0. The Morgan fingerprint density at radius 1 is 0.594 bits per heavy atom. The molecule has 0 saturated heterocycles. The normalized spacial score (nSPS) is 17.3. The molecule has 0 amide bonds. The molecule has 0 spiro atoms. The van der Waals surface area contributed by atoms with Gasteiger partial charge in [0.2, 0.25) is 0 Å². The van der Waals surface area contributed by atoms with E-state index in [1.165, 1.54) is 16.7 Å². The molecule has 0 nitrogen and oxygen atoms in total. The second-order valence-corrected chi connectivity index (χ2v) is 24.9. The van der Waals surface area contributed by atoms with E-state index in [4.69, 9.17) is 0 Å². The molecule has 154 valence electrons. The van der Waals surface area contributed by atoms with E-state index in [-0.39, 0.29) is 0 Å². The van der Waals surface area contributed by atoms with Gasteiger partial charge in [0.05, 0.1) is 0 Å². The standard InChI is InChI=1S/C13H9.C10H9.C7H8Si.Zr/c1-3-7-12-10(5-1)9-11-6-2-4-8-13(11)12;1-8-6-9-4-2-3-5-10(9)7-8;1-8-7-5-3-2-4-6-7;/h1-9H;2-7H,1H3;2-6H,1H3;. The van der Waals surface area contributed by atoms with Crippen molar-refractivity contribution in [3.05, 3.63) is 131 Å². The summed E-state index contributed by atoms with van der Waals surface area (Å²) in [7, 11) is 0. The van der Waals surface area contributed by atoms with E-state index in [2.05, 4.69) is 123 Å². The van der Waals surface area contributed by atoms with Crippen molar-refractivity contribution in [2.45, 2.75) is 20.7 Å². The van der Waals surface area contributed by atoms with Crippen molar-refractivity contribution in [1.82, 2.24) is 0 Å². The van der Waals surface area contributed by atoms with E-state index in [9.17, 15) is 0 Å². The third kappa shape index (κ3) is 3.19. The molecular formula is C30H26SiZr. The van der Waals surface area contributed by atoms with Crippen molar-refractivity contribution in [2.75, 3.05) is 0 Å². The number of benzene rings is 4. The third-order valence-electron chi connectivity index (χ3n) is 7.24. The van der Waals surface area contributed by atoms with Crippen LogP contribution in [0.2, 0.25) is 6.55 Å². The number of fused-ring (bicyclic) bond motifs is 4. The van der Waals surface area contributed by atoms with Crippen LogP contribution in [0, 0.1) is 0 Å². The fraction of sp³-hybridized carbons (Fsp3) is 0.133. The Hall–Kier alpha value is -2.28. The van der Waals surface area contributed by atoms with E-state index >= 15 is 0 Å². The fourth-order valence-corrected chi connectivity index (χ4v) is 28.5. The van der Waals surface area contributed by atoms with Gasteiger partial charge < -0.3 is 0 Å². The van der Waals surface area contributed by atoms with Crippen molar-refractivity contribution in [2.24, 2.45) is 0 Å². The van der Waals surface area contributed by atoms with Gasteiger partial charge in [-0.15, -0.1) is 0 Å². The number of allylic oxidation sites excluding steroid dienone is 1. The summed E-state index contributed by atoms with van der Waals surface area (Å²) < 4.78 is 1.26. The van der Waals surface area contributed by atoms with Crippen molar-refractivity contribution in [3.63, 3.8) is 0 Å². The van der Waals surface area contributed by atoms with Gasteiger partial charge in [0, 0.05) is 0 Å². The summed E-state index contributed by atoms with van der Waals surface area (Å²) in [4.78, 5) is 0. The van der Waals surface area contributed by atoms with E-state index in [1.54, 1.807) is 27.5 Å². The number of rotatable bonds is 3. The molecule has 6 rings (SSSR count). The maximum absolute atomic E-state index is 2.63. The summed E-state index contributed by atoms with van der Waals surface area (Å²) in [6.07, 6.45) is 2.48. The molecular weight excluding hydrogens is 480 g/mol. The zero-order chi connectivity index (χ0) is 21.7. The molecule has 0 bridgehead atoms. The average Bonchev–Trinajstić information content (AvgIpc) is 3.35. The summed E-state index contributed by atoms with van der Waals surface area (Å²) in [6, 6.07) is 39.2. The quantitative estimate of drug-likeness (QED) is 0.261. The summed E-state index contributed by atoms with van der Waals surface area (Å²) in [5.41, 5.74) is 10.1. The minimum atomic E-state index is -2.20. The first kappa shape index (κ1) is 20.3. The Labute approximate surface area is 198 Å². The van der Waals surface area contributed by atoms with Gasteiger partial charge in [0.15, 0.2) is 0 Å². The molecule has 1 atom stereocenters. The molecule has 2 heteroatoms. The van der Waals surface area contributed by atoms with Gasteiger partial charge >= 0.3 is 200 Å². The second-order valence-electron chi connectivity index (χ2n) is 9.00. The van der Waals surface area contributed by atoms with Crippen LogP contribution >= 0.6 is 0 Å². The molecule has 0 fully saturated rings. The van der Waals surface area contributed by atoms with Gasteiger partial charge in [-0.2, -0.15) is 0 Å². The Morgan fingerprint density at radius 3 is 1.78 bits per heavy atom. The topological polar surface area (TPSA) is 0 Å². The molecule has 0 heterocycles. The predicted molar refractivity (Wildman–Crippen MR) is 134 cm³/mol. The molecule has 0 aromatic heterocycles. The van der Waals surface area contributed by atoms with Crippen LogP contribution in [0.3, 0.4) is 0 Å². The Bertz CT molecular complexity index is 1350. The summed E-state index contributed by atoms with van der Waals surface area (Å²) in [6.45, 7) is 5.03. The van der Waals surface area contributed by atoms with Crippen LogP contribution in [0.5, 0.6) is 0 Å². The molecule has 0 N–H and O–H groups in total. The molecule has 4 aromatic carbocycles. The average molecular weight is 506 g/mol. The molecule has 2 aliphatic carbocycles. The third-order valence-corrected chi connectivity index (χ3v) is 27.7. The zero-order valence-electron chi connectivity index (χ0n) is 18.5. The van der Waals surface area contributed by atoms with E-state index in [0.717, 1.165) is 0 Å². The van der Waals surface area contributed by atoms with E-state index in [0.29, 0.717) is 7.25 Å². The van der Waals surface area contributed by atoms with Crippen LogP contribution in [-0.4, -0.2) is 5.43 Å². The SMILES string of the molecule is CC1=Cc2ccccc2[CH]1/[Zr]([CH]1c2ccccc2-c2ccccc21)=[Si](\C)c1ccccc1. The summed E-state index contributed by atoms with van der Waals surface area (Å²) >= 11 is -2.20. The molecule has 0 saturated carbocycles. The van der Waals surface area contributed by atoms with Gasteiger partial charge in [-0.1, -0.05) is 0 Å². The predicted octanol–water partition coefficient (Wildman–Crippen LogP) is 7.06. The van der Waals surface area contributed by atoms with Crippen LogP contribution in [0.4, 0.5) is 0 Å². The Balaban J connectivity index is 1.67. The summed E-state index contributed by atoms with van der Waals surface area (Å²) in [5, 5.41) is 1.62. The van der Waals surface area contributed by atoms with E-state index < -0.39 is 25.8 Å². The fourth-order valence-electron chi connectivity index (χ4n) is 5.84. The van der Waals surface area contributed by atoms with Gasteiger partial charge in [0.25, 0.3) is 0 Å². The first-order chi connectivity index (χ1) is 15.7. The molecule has 0 aliphatic heterocycles. The maximum atomic E-state index is 2.63. The van der Waals surface area contributed by atoms with Gasteiger partial charge in [0.1, 0.15) is 0 Å². The minimum absolute atomic E-state index is 0.614. The number of hydrogen-bond donors (Lipinski definition) is 0. The molecule has 4 aromatic rings. The first-order valence-electron chi connectivity index (χ1n) is 11.5. The molecule has 2 aliphatic rings. The van der Waals surface area contributed by atoms with Crippen molar-refractivity contribution in [3.8, 4) is 11.1 Å². The monoisotopic (exact) mass is 504 g/mol. The number of hydrogen-bond acceptors (Lipinski definition) is 0. The van der Waals surface area contributed by atoms with Crippen molar-refractivity contribution >= 4 is 16.7 Å². The van der Waals surface area contributed by atoms with Crippen LogP contribution in [0.15, 0.2) is 109 Å². The molecule has 32 heavy (non-hydrogen) atoms. The second kappa shape index (κ2) is 8.25. The Kier molecular flexibility index (Phi) is 5.24. The van der Waals surface area contributed by atoms with Crippen LogP contribution in [-0.2, 0) is 20.4 Å². The van der Waals surface area contributed by atoms with Gasteiger partial charge in [-0.3, -0.25) is 0 Å². The molecule has 1 unspecified atom stereocenters. The van der Waals surface area contributed by atoms with Gasteiger partial charge in [-0.05, 0) is 0 Å². The zero-order valence-corrected chi connectivity index (χ0v) is 22.0. The van der Waals surface area contributed by atoms with Crippen LogP contribution < -0.4 is 5.19 Å².